The van der Waals surface area contributed by atoms with E-state index in [2.05, 4.69) is 29.1 Å². The van der Waals surface area contributed by atoms with E-state index in [-0.39, 0.29) is 6.03 Å². The van der Waals surface area contributed by atoms with Crippen molar-refractivity contribution in [3.8, 4) is 0 Å². The van der Waals surface area contributed by atoms with Crippen molar-refractivity contribution in [2.75, 3.05) is 66.1 Å². The fourth-order valence-electron chi connectivity index (χ4n) is 2.69. The molecule has 1 N–H and O–H groups in total. The van der Waals surface area contributed by atoms with Crippen LogP contribution in [-0.2, 0) is 4.74 Å². The molecule has 2 rings (SSSR count). The third kappa shape index (κ3) is 4.33. The quantitative estimate of drug-likeness (QED) is 0.762. The number of carbonyl (C=O) groups excluding carboxylic acids is 1. The van der Waals surface area contributed by atoms with Crippen LogP contribution in [0, 0.1) is 0 Å². The van der Waals surface area contributed by atoms with Crippen LogP contribution in [0.3, 0.4) is 0 Å². The van der Waals surface area contributed by atoms with Crippen molar-refractivity contribution in [2.24, 2.45) is 0 Å². The van der Waals surface area contributed by atoms with E-state index in [1.807, 2.05) is 4.90 Å². The summed E-state index contributed by atoms with van der Waals surface area (Å²) in [4.78, 5) is 18.7. The molecular formula is C13H26N4O2. The zero-order chi connectivity index (χ0) is 13.7. The lowest BCUT2D eigenvalue weighted by atomic mass is 10.2. The predicted molar refractivity (Wildman–Crippen MR) is 74.3 cm³/mol. The monoisotopic (exact) mass is 270 g/mol. The summed E-state index contributed by atoms with van der Waals surface area (Å²) in [6, 6.07) is 0.371. The maximum Gasteiger partial charge on any atom is 0.317 e. The van der Waals surface area contributed by atoms with Gasteiger partial charge in [-0.1, -0.05) is 0 Å². The molecule has 2 aliphatic rings. The van der Waals surface area contributed by atoms with E-state index in [4.69, 9.17) is 4.74 Å². The Balaban J connectivity index is 1.66. The second-order valence-electron chi connectivity index (χ2n) is 5.49. The number of nitrogens with zero attached hydrogens (tertiary/aromatic N) is 3. The first-order valence-electron chi connectivity index (χ1n) is 7.20. The lowest BCUT2D eigenvalue weighted by Gasteiger charge is -2.38. The van der Waals surface area contributed by atoms with Crippen LogP contribution in [0.4, 0.5) is 4.79 Å². The molecule has 110 valence electrons. The number of hydrogen-bond donors (Lipinski definition) is 1. The number of nitrogens with one attached hydrogen (secondary N) is 1. The Labute approximate surface area is 115 Å². The van der Waals surface area contributed by atoms with Gasteiger partial charge in [0.25, 0.3) is 0 Å². The highest BCUT2D eigenvalue weighted by atomic mass is 16.5. The molecule has 6 nitrogen and oxygen atoms in total. The predicted octanol–water partition coefficient (Wildman–Crippen LogP) is -0.336. The zero-order valence-electron chi connectivity index (χ0n) is 12.1. The molecule has 2 amide bonds. The number of urea groups is 1. The molecule has 0 aromatic heterocycles. The lowest BCUT2D eigenvalue weighted by Crippen LogP contribution is -2.56. The average molecular weight is 270 g/mol. The second-order valence-corrected chi connectivity index (χ2v) is 5.49. The highest BCUT2D eigenvalue weighted by Crippen LogP contribution is 2.07. The first-order chi connectivity index (χ1) is 9.16. The molecule has 0 unspecified atom stereocenters. The van der Waals surface area contributed by atoms with Crippen LogP contribution in [0.2, 0.25) is 0 Å². The minimum absolute atomic E-state index is 0.0776. The molecule has 6 heteroatoms. The molecule has 2 saturated heterocycles. The molecule has 0 radical (unpaired) electrons. The van der Waals surface area contributed by atoms with Crippen LogP contribution >= 0.6 is 0 Å². The third-order valence-electron chi connectivity index (χ3n) is 3.90. The molecular weight excluding hydrogens is 244 g/mol. The molecule has 0 spiro atoms. The van der Waals surface area contributed by atoms with E-state index in [1.165, 1.54) is 0 Å². The number of likely N-dealkylation sites (N-methyl/N-ethyl adjacent to an activating group) is 1. The molecule has 0 aliphatic carbocycles. The first kappa shape index (κ1) is 14.6. The Kier molecular flexibility index (Phi) is 5.42. The summed E-state index contributed by atoms with van der Waals surface area (Å²) in [5, 5.41) is 3.03. The van der Waals surface area contributed by atoms with Crippen molar-refractivity contribution in [3.05, 3.63) is 0 Å². The lowest BCUT2D eigenvalue weighted by molar-refractivity contribution is 0.0383. The standard InChI is InChI=1S/C13H26N4O2/c1-12-11-15(2)5-6-17(12)13(18)14-3-4-16-7-9-19-10-8-16/h12H,3-11H2,1-2H3,(H,14,18)/t12-/m0/s1. The summed E-state index contributed by atoms with van der Waals surface area (Å²) in [6.45, 7) is 10.0. The summed E-state index contributed by atoms with van der Waals surface area (Å²) < 4.78 is 5.30. The van der Waals surface area contributed by atoms with Crippen molar-refractivity contribution < 1.29 is 9.53 Å². The first-order valence-corrected chi connectivity index (χ1v) is 7.20. The molecule has 2 heterocycles. The van der Waals surface area contributed by atoms with Gasteiger partial charge in [-0.2, -0.15) is 0 Å². The van der Waals surface area contributed by atoms with Crippen molar-refractivity contribution in [3.63, 3.8) is 0 Å². The van der Waals surface area contributed by atoms with E-state index < -0.39 is 0 Å². The van der Waals surface area contributed by atoms with Crippen molar-refractivity contribution in [2.45, 2.75) is 13.0 Å². The largest absolute Gasteiger partial charge is 0.379 e. The third-order valence-corrected chi connectivity index (χ3v) is 3.90. The Bertz CT molecular complexity index is 294. The summed E-state index contributed by atoms with van der Waals surface area (Å²) in [5.74, 6) is 0. The van der Waals surface area contributed by atoms with Crippen LogP contribution in [0.5, 0.6) is 0 Å². The Morgan fingerprint density at radius 3 is 2.68 bits per heavy atom. The molecule has 0 aromatic carbocycles. The fourth-order valence-corrected chi connectivity index (χ4v) is 2.69. The van der Waals surface area contributed by atoms with Gasteiger partial charge in [0.1, 0.15) is 0 Å². The highest BCUT2D eigenvalue weighted by Gasteiger charge is 2.25. The number of ether oxygens (including phenoxy) is 1. The zero-order valence-corrected chi connectivity index (χ0v) is 12.1. The summed E-state index contributed by atoms with van der Waals surface area (Å²) in [7, 11) is 2.10. The maximum absolute atomic E-state index is 12.1. The van der Waals surface area contributed by atoms with Gasteiger partial charge < -0.3 is 19.9 Å². The van der Waals surface area contributed by atoms with Crippen LogP contribution in [-0.4, -0.2) is 92.8 Å². The Morgan fingerprint density at radius 1 is 1.26 bits per heavy atom. The minimum Gasteiger partial charge on any atom is -0.379 e. The maximum atomic E-state index is 12.1. The van der Waals surface area contributed by atoms with Gasteiger partial charge >= 0.3 is 6.03 Å². The van der Waals surface area contributed by atoms with Gasteiger partial charge in [-0.05, 0) is 14.0 Å². The normalized spacial score (nSPS) is 26.4. The smallest absolute Gasteiger partial charge is 0.317 e. The molecule has 2 fully saturated rings. The van der Waals surface area contributed by atoms with E-state index in [0.29, 0.717) is 6.04 Å². The van der Waals surface area contributed by atoms with Gasteiger partial charge in [-0.15, -0.1) is 0 Å². The molecule has 0 aromatic rings. The highest BCUT2D eigenvalue weighted by molar-refractivity contribution is 5.74. The molecule has 0 saturated carbocycles. The minimum atomic E-state index is 0.0776. The van der Waals surface area contributed by atoms with Crippen molar-refractivity contribution in [1.29, 1.82) is 0 Å². The van der Waals surface area contributed by atoms with Crippen LogP contribution in [0.15, 0.2) is 0 Å². The SMILES string of the molecule is C[C@H]1CN(C)CCN1C(=O)NCCN1CCOCC1. The molecule has 1 atom stereocenters. The average Bonchev–Trinajstić information content (AvgIpc) is 2.39. The molecule has 19 heavy (non-hydrogen) atoms. The van der Waals surface area contributed by atoms with Gasteiger partial charge in [0.2, 0.25) is 0 Å². The van der Waals surface area contributed by atoms with Gasteiger partial charge in [0.15, 0.2) is 0 Å². The van der Waals surface area contributed by atoms with Gasteiger partial charge in [-0.25, -0.2) is 4.79 Å². The fraction of sp³-hybridized carbons (Fsp3) is 0.923. The van der Waals surface area contributed by atoms with Crippen molar-refractivity contribution >= 4 is 6.03 Å². The van der Waals surface area contributed by atoms with E-state index in [0.717, 1.165) is 59.0 Å². The number of carbonyl (C=O) groups is 1. The van der Waals surface area contributed by atoms with Crippen LogP contribution in [0.25, 0.3) is 0 Å². The van der Waals surface area contributed by atoms with Crippen LogP contribution in [0.1, 0.15) is 6.92 Å². The summed E-state index contributed by atoms with van der Waals surface area (Å²) >= 11 is 0. The number of piperazine rings is 1. The number of rotatable bonds is 3. The van der Waals surface area contributed by atoms with Gasteiger partial charge in [-0.3, -0.25) is 4.90 Å². The number of amides is 2. The Morgan fingerprint density at radius 2 is 2.00 bits per heavy atom. The van der Waals surface area contributed by atoms with E-state index in [9.17, 15) is 4.79 Å². The summed E-state index contributed by atoms with van der Waals surface area (Å²) in [6.07, 6.45) is 0. The number of hydrogen-bond acceptors (Lipinski definition) is 4. The molecule has 0 bridgehead atoms. The number of morpholine rings is 1. The molecule has 2 aliphatic heterocycles. The second kappa shape index (κ2) is 7.07. The topological polar surface area (TPSA) is 48.0 Å². The van der Waals surface area contributed by atoms with Gasteiger partial charge in [0, 0.05) is 51.9 Å². The Hall–Kier alpha value is -0.850. The van der Waals surface area contributed by atoms with E-state index in [1.54, 1.807) is 0 Å². The summed E-state index contributed by atoms with van der Waals surface area (Å²) in [5.41, 5.74) is 0. The van der Waals surface area contributed by atoms with Crippen LogP contribution < -0.4 is 5.32 Å². The van der Waals surface area contributed by atoms with E-state index >= 15 is 0 Å². The van der Waals surface area contributed by atoms with Crippen molar-refractivity contribution in [1.82, 2.24) is 20.0 Å². The van der Waals surface area contributed by atoms with Gasteiger partial charge in [0.05, 0.1) is 13.2 Å².